The first-order chi connectivity index (χ1) is 12.2. The number of rotatable bonds is 4. The Balaban J connectivity index is 1.39. The predicted octanol–water partition coefficient (Wildman–Crippen LogP) is 1.11. The highest BCUT2D eigenvalue weighted by atomic mass is 16.2. The van der Waals surface area contributed by atoms with E-state index in [9.17, 15) is 9.59 Å². The number of hydrogen-bond donors (Lipinski definition) is 3. The minimum absolute atomic E-state index is 0.167. The normalized spacial score (nSPS) is 16.8. The molecule has 1 aromatic carbocycles. The summed E-state index contributed by atoms with van der Waals surface area (Å²) in [5.41, 5.74) is 4.40. The van der Waals surface area contributed by atoms with Crippen molar-refractivity contribution in [2.24, 2.45) is 0 Å². The van der Waals surface area contributed by atoms with Crippen molar-refractivity contribution >= 4 is 17.5 Å². The lowest BCUT2D eigenvalue weighted by Gasteiger charge is -2.16. The van der Waals surface area contributed by atoms with Crippen molar-refractivity contribution in [2.75, 3.05) is 18.0 Å². The van der Waals surface area contributed by atoms with Crippen LogP contribution in [0.15, 0.2) is 24.3 Å². The zero-order valence-corrected chi connectivity index (χ0v) is 14.0. The molecule has 1 fully saturated rings. The van der Waals surface area contributed by atoms with Crippen LogP contribution in [0.3, 0.4) is 0 Å². The number of benzene rings is 1. The van der Waals surface area contributed by atoms with E-state index in [1.165, 1.54) is 0 Å². The van der Waals surface area contributed by atoms with Crippen molar-refractivity contribution in [3.05, 3.63) is 46.8 Å². The number of aromatic amines is 1. The van der Waals surface area contributed by atoms with Crippen LogP contribution in [0.4, 0.5) is 5.69 Å². The summed E-state index contributed by atoms with van der Waals surface area (Å²) < 4.78 is 0. The average Bonchev–Trinajstić information content (AvgIpc) is 3.26. The molecular formula is C18H21N5O2. The van der Waals surface area contributed by atoms with Gasteiger partial charge in [0.25, 0.3) is 5.91 Å². The molecule has 0 aliphatic carbocycles. The van der Waals surface area contributed by atoms with Crippen LogP contribution in [0.1, 0.15) is 40.2 Å². The number of H-pyrrole nitrogens is 1. The number of carbonyl (C=O) groups is 2. The molecule has 130 valence electrons. The number of amides is 2. The van der Waals surface area contributed by atoms with Gasteiger partial charge in [-0.1, -0.05) is 12.1 Å². The second kappa shape index (κ2) is 6.68. The summed E-state index contributed by atoms with van der Waals surface area (Å²) in [6.07, 6.45) is 2.41. The lowest BCUT2D eigenvalue weighted by molar-refractivity contribution is -0.117. The van der Waals surface area contributed by atoms with E-state index in [1.807, 2.05) is 29.2 Å². The van der Waals surface area contributed by atoms with Crippen molar-refractivity contribution in [1.29, 1.82) is 0 Å². The Morgan fingerprint density at radius 3 is 2.84 bits per heavy atom. The third-order valence-electron chi connectivity index (χ3n) is 4.80. The topological polar surface area (TPSA) is 90.1 Å². The van der Waals surface area contributed by atoms with Crippen LogP contribution in [0.25, 0.3) is 0 Å². The van der Waals surface area contributed by atoms with Gasteiger partial charge in [-0.15, -0.1) is 0 Å². The van der Waals surface area contributed by atoms with Gasteiger partial charge in [0.1, 0.15) is 0 Å². The lowest BCUT2D eigenvalue weighted by Crippen LogP contribution is -2.28. The van der Waals surface area contributed by atoms with Crippen LogP contribution in [-0.4, -0.2) is 35.1 Å². The van der Waals surface area contributed by atoms with E-state index in [2.05, 4.69) is 20.8 Å². The molecule has 2 aliphatic rings. The molecule has 7 heteroatoms. The maximum absolute atomic E-state index is 12.4. The minimum Gasteiger partial charge on any atom is -0.347 e. The summed E-state index contributed by atoms with van der Waals surface area (Å²) in [6.45, 7) is 2.80. The minimum atomic E-state index is -0.167. The van der Waals surface area contributed by atoms with Gasteiger partial charge in [-0.05, 0) is 24.1 Å². The van der Waals surface area contributed by atoms with Crippen molar-refractivity contribution in [2.45, 2.75) is 32.4 Å². The van der Waals surface area contributed by atoms with Gasteiger partial charge in [-0.3, -0.25) is 14.7 Å². The number of fused-ring (bicyclic) bond motifs is 1. The van der Waals surface area contributed by atoms with E-state index in [4.69, 9.17) is 0 Å². The van der Waals surface area contributed by atoms with E-state index in [-0.39, 0.29) is 11.8 Å². The number of carbonyl (C=O) groups excluding carboxylic acids is 2. The highest BCUT2D eigenvalue weighted by Gasteiger charge is 2.22. The summed E-state index contributed by atoms with van der Waals surface area (Å²) >= 11 is 0. The summed E-state index contributed by atoms with van der Waals surface area (Å²) in [6, 6.07) is 7.77. The summed E-state index contributed by atoms with van der Waals surface area (Å²) in [5.74, 6) is 0.0120. The number of nitrogens with zero attached hydrogens (tertiary/aromatic N) is 2. The Bertz CT molecular complexity index is 796. The number of anilines is 1. The molecule has 3 N–H and O–H groups in total. The third-order valence-corrected chi connectivity index (χ3v) is 4.80. The van der Waals surface area contributed by atoms with Gasteiger partial charge in [-0.25, -0.2) is 0 Å². The van der Waals surface area contributed by atoms with Gasteiger partial charge in [0.15, 0.2) is 5.69 Å². The molecule has 0 unspecified atom stereocenters. The SMILES string of the molecule is O=C(NCc1ccc(N2CCCC2=O)cc1)c1n[nH]c2c1CNCC2. The van der Waals surface area contributed by atoms with E-state index in [1.54, 1.807) is 0 Å². The van der Waals surface area contributed by atoms with Crippen LogP contribution in [-0.2, 0) is 24.3 Å². The van der Waals surface area contributed by atoms with Crippen molar-refractivity contribution < 1.29 is 9.59 Å². The molecular weight excluding hydrogens is 318 g/mol. The Hall–Kier alpha value is -2.67. The molecule has 1 aromatic heterocycles. The molecule has 4 rings (SSSR count). The van der Waals surface area contributed by atoms with Gasteiger partial charge in [0, 0.05) is 56.0 Å². The Morgan fingerprint density at radius 2 is 2.08 bits per heavy atom. The molecule has 2 amide bonds. The number of aromatic nitrogens is 2. The third kappa shape index (κ3) is 3.15. The van der Waals surface area contributed by atoms with Crippen molar-refractivity contribution in [1.82, 2.24) is 20.8 Å². The molecule has 3 heterocycles. The van der Waals surface area contributed by atoms with Crippen LogP contribution in [0.5, 0.6) is 0 Å². The van der Waals surface area contributed by atoms with E-state index < -0.39 is 0 Å². The summed E-state index contributed by atoms with van der Waals surface area (Å²) in [4.78, 5) is 26.0. The van der Waals surface area contributed by atoms with E-state index >= 15 is 0 Å². The molecule has 0 spiro atoms. The molecule has 2 aromatic rings. The van der Waals surface area contributed by atoms with Gasteiger partial charge < -0.3 is 15.5 Å². The molecule has 2 aliphatic heterocycles. The van der Waals surface area contributed by atoms with Crippen molar-refractivity contribution in [3.8, 4) is 0 Å². The zero-order valence-electron chi connectivity index (χ0n) is 14.0. The van der Waals surface area contributed by atoms with Crippen molar-refractivity contribution in [3.63, 3.8) is 0 Å². The fraction of sp³-hybridized carbons (Fsp3) is 0.389. The Kier molecular flexibility index (Phi) is 4.23. The van der Waals surface area contributed by atoms with Gasteiger partial charge >= 0.3 is 0 Å². The zero-order chi connectivity index (χ0) is 17.2. The van der Waals surface area contributed by atoms with E-state index in [0.29, 0.717) is 25.2 Å². The largest absolute Gasteiger partial charge is 0.347 e. The molecule has 7 nitrogen and oxygen atoms in total. The van der Waals surface area contributed by atoms with Crippen LogP contribution < -0.4 is 15.5 Å². The standard InChI is InChI=1S/C18H21N5O2/c24-16-2-1-9-23(16)13-5-3-12(4-6-13)10-20-18(25)17-14-11-19-8-7-15(14)21-22-17/h3-6,19H,1-2,7-11H2,(H,20,25)(H,21,22). The first kappa shape index (κ1) is 15.8. The smallest absolute Gasteiger partial charge is 0.272 e. The van der Waals surface area contributed by atoms with Gasteiger partial charge in [-0.2, -0.15) is 5.10 Å². The highest BCUT2D eigenvalue weighted by molar-refractivity contribution is 5.95. The molecule has 1 saturated heterocycles. The first-order valence-electron chi connectivity index (χ1n) is 8.67. The predicted molar refractivity (Wildman–Crippen MR) is 93.2 cm³/mol. The Morgan fingerprint density at radius 1 is 1.24 bits per heavy atom. The number of hydrogen-bond acceptors (Lipinski definition) is 4. The van der Waals surface area contributed by atoms with Gasteiger partial charge in [0.05, 0.1) is 0 Å². The monoisotopic (exact) mass is 339 g/mol. The summed E-state index contributed by atoms with van der Waals surface area (Å²) in [5, 5.41) is 13.3. The Labute approximate surface area is 145 Å². The summed E-state index contributed by atoms with van der Waals surface area (Å²) in [7, 11) is 0. The van der Waals surface area contributed by atoms with E-state index in [0.717, 1.165) is 48.4 Å². The lowest BCUT2D eigenvalue weighted by atomic mass is 10.1. The second-order valence-corrected chi connectivity index (χ2v) is 6.45. The van der Waals surface area contributed by atoms with Gasteiger partial charge in [0.2, 0.25) is 5.91 Å². The molecule has 25 heavy (non-hydrogen) atoms. The molecule has 0 radical (unpaired) electrons. The van der Waals surface area contributed by atoms with Crippen LogP contribution >= 0.6 is 0 Å². The molecule has 0 atom stereocenters. The highest BCUT2D eigenvalue weighted by Crippen LogP contribution is 2.21. The maximum atomic E-state index is 12.4. The molecule has 0 saturated carbocycles. The fourth-order valence-electron chi connectivity index (χ4n) is 3.39. The maximum Gasteiger partial charge on any atom is 0.272 e. The quantitative estimate of drug-likeness (QED) is 0.778. The fourth-order valence-corrected chi connectivity index (χ4v) is 3.39. The average molecular weight is 339 g/mol. The number of nitrogens with one attached hydrogen (secondary N) is 3. The van der Waals surface area contributed by atoms with Crippen LogP contribution in [0, 0.1) is 0 Å². The molecule has 0 bridgehead atoms. The second-order valence-electron chi connectivity index (χ2n) is 6.45. The first-order valence-corrected chi connectivity index (χ1v) is 8.67. The van der Waals surface area contributed by atoms with Crippen LogP contribution in [0.2, 0.25) is 0 Å².